The molecule has 17 heavy (non-hydrogen) atoms. The summed E-state index contributed by atoms with van der Waals surface area (Å²) in [6.45, 7) is 0. The predicted octanol–water partition coefficient (Wildman–Crippen LogP) is 2.43. The van der Waals surface area contributed by atoms with Gasteiger partial charge in [-0.25, -0.2) is 0 Å². The second kappa shape index (κ2) is 4.54. The van der Waals surface area contributed by atoms with Crippen molar-refractivity contribution in [2.75, 3.05) is 0 Å². The van der Waals surface area contributed by atoms with Crippen molar-refractivity contribution in [3.8, 4) is 23.5 Å². The van der Waals surface area contributed by atoms with Crippen LogP contribution >= 0.6 is 0 Å². The fourth-order valence-electron chi connectivity index (χ4n) is 1.62. The third-order valence-corrected chi connectivity index (χ3v) is 2.53. The van der Waals surface area contributed by atoms with Crippen molar-refractivity contribution in [2.45, 2.75) is 0 Å². The van der Waals surface area contributed by atoms with Crippen LogP contribution in [0.1, 0.15) is 15.9 Å². The summed E-state index contributed by atoms with van der Waals surface area (Å²) >= 11 is 0. The summed E-state index contributed by atoms with van der Waals surface area (Å²) in [5.41, 5.74) is 8.55. The molecule has 0 saturated carbocycles. The Kier molecular flexibility index (Phi) is 2.93. The molecule has 2 N–H and O–H groups in total. The smallest absolute Gasteiger partial charge is 0.248 e. The van der Waals surface area contributed by atoms with E-state index >= 15 is 0 Å². The van der Waals surface area contributed by atoms with Crippen LogP contribution in [-0.4, -0.2) is 5.91 Å². The zero-order chi connectivity index (χ0) is 12.3. The molecule has 0 bridgehead atoms. The van der Waals surface area contributed by atoms with E-state index in [1.165, 1.54) is 0 Å². The summed E-state index contributed by atoms with van der Waals surface area (Å²) in [7, 11) is 0. The van der Waals surface area contributed by atoms with E-state index in [1.54, 1.807) is 12.1 Å². The van der Waals surface area contributed by atoms with Crippen LogP contribution in [0.4, 0.5) is 0 Å². The van der Waals surface area contributed by atoms with Crippen LogP contribution in [0.15, 0.2) is 48.5 Å². The zero-order valence-electron chi connectivity index (χ0n) is 9.18. The van der Waals surface area contributed by atoms with Crippen molar-refractivity contribution in [2.24, 2.45) is 5.73 Å². The number of hydrogen-bond acceptors (Lipinski definition) is 1. The highest BCUT2D eigenvalue weighted by molar-refractivity contribution is 5.93. The van der Waals surface area contributed by atoms with Crippen molar-refractivity contribution < 1.29 is 4.79 Å². The number of benzene rings is 2. The van der Waals surface area contributed by atoms with Crippen LogP contribution in [0, 0.1) is 12.3 Å². The van der Waals surface area contributed by atoms with Gasteiger partial charge in [0.05, 0.1) is 0 Å². The number of nitrogens with two attached hydrogens (primary N) is 1. The molecule has 82 valence electrons. The van der Waals surface area contributed by atoms with Gasteiger partial charge >= 0.3 is 0 Å². The molecule has 0 heterocycles. The Morgan fingerprint density at radius 3 is 2.35 bits per heavy atom. The van der Waals surface area contributed by atoms with Gasteiger partial charge in [-0.2, -0.15) is 0 Å². The molecule has 0 atom stereocenters. The summed E-state index contributed by atoms with van der Waals surface area (Å²) in [5.74, 6) is 2.17. The molecule has 1 amide bonds. The van der Waals surface area contributed by atoms with Gasteiger partial charge in [-0.05, 0) is 35.4 Å². The van der Waals surface area contributed by atoms with E-state index in [-0.39, 0.29) is 0 Å². The summed E-state index contributed by atoms with van der Waals surface area (Å²) in [6.07, 6.45) is 5.35. The van der Waals surface area contributed by atoms with Crippen LogP contribution in [0.2, 0.25) is 0 Å². The number of terminal acetylenes is 1. The van der Waals surface area contributed by atoms with Crippen LogP contribution in [0.3, 0.4) is 0 Å². The minimum atomic E-state index is -0.422. The SMILES string of the molecule is C#Cc1cccc(-c2ccc(C(N)=O)cc2)c1. The van der Waals surface area contributed by atoms with Gasteiger partial charge in [0.1, 0.15) is 0 Å². The monoisotopic (exact) mass is 221 g/mol. The number of hydrogen-bond donors (Lipinski definition) is 1. The number of carbonyl (C=O) groups excluding carboxylic acids is 1. The zero-order valence-corrected chi connectivity index (χ0v) is 9.18. The van der Waals surface area contributed by atoms with E-state index in [0.717, 1.165) is 16.7 Å². The van der Waals surface area contributed by atoms with E-state index < -0.39 is 5.91 Å². The molecule has 0 aromatic heterocycles. The Hall–Kier alpha value is -2.53. The quantitative estimate of drug-likeness (QED) is 0.777. The largest absolute Gasteiger partial charge is 0.366 e. The first kappa shape index (κ1) is 11.0. The fraction of sp³-hybridized carbons (Fsp3) is 0. The van der Waals surface area contributed by atoms with E-state index in [2.05, 4.69) is 5.92 Å². The van der Waals surface area contributed by atoms with Gasteiger partial charge in [0, 0.05) is 11.1 Å². The summed E-state index contributed by atoms with van der Waals surface area (Å²) in [6, 6.07) is 14.8. The highest BCUT2D eigenvalue weighted by atomic mass is 16.1. The van der Waals surface area contributed by atoms with E-state index in [4.69, 9.17) is 12.2 Å². The third kappa shape index (κ3) is 2.35. The molecule has 0 radical (unpaired) electrons. The Labute approximate surface area is 100 Å². The second-order valence-corrected chi connectivity index (χ2v) is 3.67. The number of primary amides is 1. The molecule has 0 fully saturated rings. The average molecular weight is 221 g/mol. The van der Waals surface area contributed by atoms with Crippen molar-refractivity contribution >= 4 is 5.91 Å². The van der Waals surface area contributed by atoms with Gasteiger partial charge in [0.2, 0.25) is 5.91 Å². The highest BCUT2D eigenvalue weighted by Gasteiger charge is 2.01. The molecule has 2 nitrogen and oxygen atoms in total. The van der Waals surface area contributed by atoms with Crippen molar-refractivity contribution in [1.29, 1.82) is 0 Å². The maximum absolute atomic E-state index is 10.9. The number of rotatable bonds is 2. The number of amides is 1. The fourth-order valence-corrected chi connectivity index (χ4v) is 1.62. The maximum atomic E-state index is 10.9. The minimum Gasteiger partial charge on any atom is -0.366 e. The van der Waals surface area contributed by atoms with Gasteiger partial charge in [0.25, 0.3) is 0 Å². The standard InChI is InChI=1S/C15H11NO/c1-2-11-4-3-5-14(10-11)12-6-8-13(9-7-12)15(16)17/h1,3-10H,(H2,16,17). The number of carbonyl (C=O) groups is 1. The molecule has 2 rings (SSSR count). The first-order valence-corrected chi connectivity index (χ1v) is 5.17. The molecular weight excluding hydrogens is 210 g/mol. The molecule has 0 spiro atoms. The molecule has 2 heteroatoms. The summed E-state index contributed by atoms with van der Waals surface area (Å²) in [4.78, 5) is 10.9. The van der Waals surface area contributed by atoms with Crippen molar-refractivity contribution in [1.82, 2.24) is 0 Å². The van der Waals surface area contributed by atoms with Gasteiger partial charge < -0.3 is 5.73 Å². The van der Waals surface area contributed by atoms with E-state index in [0.29, 0.717) is 5.56 Å². The van der Waals surface area contributed by atoms with Crippen molar-refractivity contribution in [3.05, 3.63) is 59.7 Å². The normalized spacial score (nSPS) is 9.59. The molecule has 2 aromatic carbocycles. The van der Waals surface area contributed by atoms with Crippen LogP contribution in [-0.2, 0) is 0 Å². The average Bonchev–Trinajstić information content (AvgIpc) is 2.39. The highest BCUT2D eigenvalue weighted by Crippen LogP contribution is 2.20. The molecule has 2 aromatic rings. The lowest BCUT2D eigenvalue weighted by molar-refractivity contribution is 0.100. The Bertz CT molecular complexity index is 591. The van der Waals surface area contributed by atoms with E-state index in [9.17, 15) is 4.79 Å². The molecule has 0 aliphatic heterocycles. The lowest BCUT2D eigenvalue weighted by Crippen LogP contribution is -2.10. The molecule has 0 unspecified atom stereocenters. The summed E-state index contributed by atoms with van der Waals surface area (Å²) < 4.78 is 0. The Morgan fingerprint density at radius 1 is 1.06 bits per heavy atom. The predicted molar refractivity (Wildman–Crippen MR) is 68.3 cm³/mol. The van der Waals surface area contributed by atoms with Crippen LogP contribution in [0.5, 0.6) is 0 Å². The maximum Gasteiger partial charge on any atom is 0.248 e. The minimum absolute atomic E-state index is 0.422. The molecular formula is C15H11NO. The van der Waals surface area contributed by atoms with Crippen LogP contribution in [0.25, 0.3) is 11.1 Å². The van der Waals surface area contributed by atoms with E-state index in [1.807, 2.05) is 36.4 Å². The Morgan fingerprint density at radius 2 is 1.76 bits per heavy atom. The first-order valence-electron chi connectivity index (χ1n) is 5.17. The van der Waals surface area contributed by atoms with Crippen LogP contribution < -0.4 is 5.73 Å². The molecule has 0 aliphatic rings. The second-order valence-electron chi connectivity index (χ2n) is 3.67. The van der Waals surface area contributed by atoms with Gasteiger partial charge in [-0.3, -0.25) is 4.79 Å². The molecule has 0 aliphatic carbocycles. The first-order chi connectivity index (χ1) is 8.20. The lowest BCUT2D eigenvalue weighted by atomic mass is 10.0. The third-order valence-electron chi connectivity index (χ3n) is 2.53. The van der Waals surface area contributed by atoms with Gasteiger partial charge in [0.15, 0.2) is 0 Å². The lowest BCUT2D eigenvalue weighted by Gasteiger charge is -2.03. The van der Waals surface area contributed by atoms with Crippen molar-refractivity contribution in [3.63, 3.8) is 0 Å². The van der Waals surface area contributed by atoms with Gasteiger partial charge in [-0.15, -0.1) is 6.42 Å². The summed E-state index contributed by atoms with van der Waals surface area (Å²) in [5, 5.41) is 0. The topological polar surface area (TPSA) is 43.1 Å². The Balaban J connectivity index is 2.40. The van der Waals surface area contributed by atoms with Gasteiger partial charge in [-0.1, -0.05) is 30.2 Å². The molecule has 0 saturated heterocycles.